The third kappa shape index (κ3) is 3.28. The van der Waals surface area contributed by atoms with Crippen molar-refractivity contribution >= 4 is 0 Å². The molecule has 1 aromatic heterocycles. The molecule has 2 aromatic rings. The van der Waals surface area contributed by atoms with Crippen LogP contribution < -0.4 is 4.74 Å². The molecule has 84 valence electrons. The highest BCUT2D eigenvalue weighted by Gasteiger charge is 2.00. The number of hydrogen-bond acceptors (Lipinski definition) is 4. The summed E-state index contributed by atoms with van der Waals surface area (Å²) in [5.41, 5.74) is 1.73. The number of nitrogens with zero attached hydrogens (tertiary/aromatic N) is 3. The smallest absolute Gasteiger partial charge is 0.316 e. The van der Waals surface area contributed by atoms with Crippen LogP contribution in [0.25, 0.3) is 0 Å². The van der Waals surface area contributed by atoms with Gasteiger partial charge in [0.15, 0.2) is 0 Å². The van der Waals surface area contributed by atoms with Crippen LogP contribution in [0, 0.1) is 11.3 Å². The molecule has 0 radical (unpaired) electrons. The van der Waals surface area contributed by atoms with Crippen LogP contribution in [-0.4, -0.2) is 9.97 Å². The molecule has 17 heavy (non-hydrogen) atoms. The summed E-state index contributed by atoms with van der Waals surface area (Å²) < 4.78 is 5.45. The van der Waals surface area contributed by atoms with E-state index in [2.05, 4.69) is 9.97 Å². The first-order valence-electron chi connectivity index (χ1n) is 5.24. The molecule has 0 aliphatic heterocycles. The summed E-state index contributed by atoms with van der Waals surface area (Å²) >= 11 is 0. The summed E-state index contributed by atoms with van der Waals surface area (Å²) in [4.78, 5) is 8.12. The summed E-state index contributed by atoms with van der Waals surface area (Å²) in [6.45, 7) is 0.427. The van der Waals surface area contributed by atoms with Gasteiger partial charge in [0.2, 0.25) is 0 Å². The molecule has 0 amide bonds. The molecule has 2 rings (SSSR count). The second kappa shape index (κ2) is 5.61. The van der Waals surface area contributed by atoms with E-state index in [0.717, 1.165) is 5.56 Å². The molecule has 0 atom stereocenters. The van der Waals surface area contributed by atoms with Gasteiger partial charge in [-0.3, -0.25) is 0 Å². The molecule has 0 fully saturated rings. The van der Waals surface area contributed by atoms with E-state index in [1.165, 1.54) is 0 Å². The summed E-state index contributed by atoms with van der Waals surface area (Å²) in [7, 11) is 0. The van der Waals surface area contributed by atoms with Crippen LogP contribution in [0.15, 0.2) is 42.6 Å². The second-order valence-corrected chi connectivity index (χ2v) is 3.44. The molecule has 0 saturated heterocycles. The number of nitriles is 1. The first-order valence-corrected chi connectivity index (χ1v) is 5.24. The number of rotatable bonds is 4. The van der Waals surface area contributed by atoms with Gasteiger partial charge in [-0.05, 0) is 11.6 Å². The lowest BCUT2D eigenvalue weighted by molar-refractivity contribution is 0.280. The van der Waals surface area contributed by atoms with Gasteiger partial charge in [0.1, 0.15) is 6.61 Å². The van der Waals surface area contributed by atoms with Crippen molar-refractivity contribution in [2.24, 2.45) is 0 Å². The minimum Gasteiger partial charge on any atom is -0.459 e. The zero-order valence-corrected chi connectivity index (χ0v) is 9.21. The zero-order chi connectivity index (χ0) is 11.9. The summed E-state index contributed by atoms with van der Waals surface area (Å²) in [5, 5.41) is 8.57. The lowest BCUT2D eigenvalue weighted by atomic mass is 10.2. The molecule has 0 spiro atoms. The molecule has 4 heteroatoms. The van der Waals surface area contributed by atoms with Crippen molar-refractivity contribution in [2.45, 2.75) is 13.0 Å². The Labute approximate surface area is 99.5 Å². The summed E-state index contributed by atoms with van der Waals surface area (Å²) in [5.74, 6) is 0. The van der Waals surface area contributed by atoms with Gasteiger partial charge < -0.3 is 4.74 Å². The van der Waals surface area contributed by atoms with Gasteiger partial charge >= 0.3 is 6.01 Å². The SMILES string of the molecule is N#CCc1ccnc(OCc2ccccc2)n1. The average molecular weight is 225 g/mol. The summed E-state index contributed by atoms with van der Waals surface area (Å²) in [6.07, 6.45) is 1.87. The van der Waals surface area contributed by atoms with Crippen LogP contribution in [0.1, 0.15) is 11.3 Å². The zero-order valence-electron chi connectivity index (χ0n) is 9.21. The van der Waals surface area contributed by atoms with Gasteiger partial charge in [0.25, 0.3) is 0 Å². The standard InChI is InChI=1S/C13H11N3O/c14-8-6-12-7-9-15-13(16-12)17-10-11-4-2-1-3-5-11/h1-5,7,9H,6,10H2. The van der Waals surface area contributed by atoms with Crippen LogP contribution in [-0.2, 0) is 13.0 Å². The Balaban J connectivity index is 2.00. The first-order chi connectivity index (χ1) is 8.38. The fraction of sp³-hybridized carbons (Fsp3) is 0.154. The molecule has 1 aromatic carbocycles. The number of benzene rings is 1. The second-order valence-electron chi connectivity index (χ2n) is 3.44. The van der Waals surface area contributed by atoms with Gasteiger partial charge in [0, 0.05) is 6.20 Å². The van der Waals surface area contributed by atoms with E-state index in [0.29, 0.717) is 18.3 Å². The predicted molar refractivity (Wildman–Crippen MR) is 62.1 cm³/mol. The molecular weight excluding hydrogens is 214 g/mol. The van der Waals surface area contributed by atoms with E-state index in [9.17, 15) is 0 Å². The van der Waals surface area contributed by atoms with E-state index in [4.69, 9.17) is 10.00 Å². The highest BCUT2D eigenvalue weighted by Crippen LogP contribution is 2.07. The van der Waals surface area contributed by atoms with Gasteiger partial charge in [-0.15, -0.1) is 0 Å². The Bertz CT molecular complexity index is 520. The van der Waals surface area contributed by atoms with Crippen LogP contribution in [0.4, 0.5) is 0 Å². The molecule has 4 nitrogen and oxygen atoms in total. The van der Waals surface area contributed by atoms with E-state index in [1.807, 2.05) is 36.4 Å². The maximum absolute atomic E-state index is 8.57. The predicted octanol–water partition coefficient (Wildman–Crippen LogP) is 2.12. The van der Waals surface area contributed by atoms with E-state index < -0.39 is 0 Å². The van der Waals surface area contributed by atoms with Gasteiger partial charge in [0.05, 0.1) is 18.2 Å². The fourth-order valence-corrected chi connectivity index (χ4v) is 1.35. The van der Waals surface area contributed by atoms with Crippen molar-refractivity contribution in [3.63, 3.8) is 0 Å². The Kier molecular flexibility index (Phi) is 3.66. The molecule has 1 heterocycles. The van der Waals surface area contributed by atoms with E-state index >= 15 is 0 Å². The van der Waals surface area contributed by atoms with Crippen LogP contribution in [0.2, 0.25) is 0 Å². The lowest BCUT2D eigenvalue weighted by Gasteiger charge is -2.04. The Hall–Kier alpha value is -2.41. The van der Waals surface area contributed by atoms with Gasteiger partial charge in [-0.2, -0.15) is 10.2 Å². The Morgan fingerprint density at radius 2 is 2.00 bits per heavy atom. The van der Waals surface area contributed by atoms with Crippen molar-refractivity contribution in [2.75, 3.05) is 0 Å². The quantitative estimate of drug-likeness (QED) is 0.799. The van der Waals surface area contributed by atoms with Gasteiger partial charge in [-0.25, -0.2) is 4.98 Å². The minimum absolute atomic E-state index is 0.268. The van der Waals surface area contributed by atoms with E-state index in [1.54, 1.807) is 12.3 Å². The molecule has 0 N–H and O–H groups in total. The molecule has 0 aliphatic carbocycles. The van der Waals surface area contributed by atoms with Crippen molar-refractivity contribution in [3.05, 3.63) is 53.9 Å². The van der Waals surface area contributed by atoms with Crippen LogP contribution in [0.5, 0.6) is 6.01 Å². The minimum atomic E-state index is 0.268. The van der Waals surface area contributed by atoms with Crippen LogP contribution >= 0.6 is 0 Å². The van der Waals surface area contributed by atoms with Gasteiger partial charge in [-0.1, -0.05) is 30.3 Å². The molecule has 0 unspecified atom stereocenters. The fourth-order valence-electron chi connectivity index (χ4n) is 1.35. The van der Waals surface area contributed by atoms with Crippen molar-refractivity contribution in [1.82, 2.24) is 9.97 Å². The number of ether oxygens (including phenoxy) is 1. The Morgan fingerprint density at radius 1 is 1.18 bits per heavy atom. The number of hydrogen-bond donors (Lipinski definition) is 0. The first kappa shape index (κ1) is 11.1. The number of aromatic nitrogens is 2. The molecular formula is C13H11N3O. The summed E-state index contributed by atoms with van der Waals surface area (Å²) in [6, 6.07) is 13.8. The van der Waals surface area contributed by atoms with Crippen molar-refractivity contribution in [1.29, 1.82) is 5.26 Å². The largest absolute Gasteiger partial charge is 0.459 e. The third-order valence-corrected chi connectivity index (χ3v) is 2.16. The third-order valence-electron chi connectivity index (χ3n) is 2.16. The maximum Gasteiger partial charge on any atom is 0.316 e. The van der Waals surface area contributed by atoms with Crippen molar-refractivity contribution in [3.8, 4) is 12.1 Å². The van der Waals surface area contributed by atoms with Crippen LogP contribution in [0.3, 0.4) is 0 Å². The maximum atomic E-state index is 8.57. The highest BCUT2D eigenvalue weighted by molar-refractivity contribution is 5.15. The van der Waals surface area contributed by atoms with E-state index in [-0.39, 0.29) is 6.42 Å². The molecule has 0 aliphatic rings. The van der Waals surface area contributed by atoms with Crippen molar-refractivity contribution < 1.29 is 4.74 Å². The highest BCUT2D eigenvalue weighted by atomic mass is 16.5. The average Bonchev–Trinajstić information content (AvgIpc) is 2.39. The molecule has 0 saturated carbocycles. The lowest BCUT2D eigenvalue weighted by Crippen LogP contribution is -2.00. The normalized spacial score (nSPS) is 9.59. The Morgan fingerprint density at radius 3 is 2.76 bits per heavy atom. The molecule has 0 bridgehead atoms. The monoisotopic (exact) mass is 225 g/mol. The topological polar surface area (TPSA) is 58.8 Å².